The van der Waals surface area contributed by atoms with Crippen LogP contribution in [0.5, 0.6) is 0 Å². The number of aromatic nitrogens is 4. The Morgan fingerprint density at radius 1 is 1.56 bits per heavy atom. The van der Waals surface area contributed by atoms with Crippen LogP contribution in [0.3, 0.4) is 0 Å². The zero-order chi connectivity index (χ0) is 13.1. The van der Waals surface area contributed by atoms with Crippen LogP contribution >= 0.6 is 0 Å². The van der Waals surface area contributed by atoms with Crippen LogP contribution in [0.4, 0.5) is 5.82 Å². The molecule has 2 heterocycles. The average molecular weight is 247 g/mol. The molecule has 2 N–H and O–H groups in total. The van der Waals surface area contributed by atoms with Gasteiger partial charge in [0.05, 0.1) is 11.9 Å². The second kappa shape index (κ2) is 5.03. The minimum absolute atomic E-state index is 0.180. The molecule has 0 saturated carbocycles. The van der Waals surface area contributed by atoms with E-state index in [2.05, 4.69) is 34.5 Å². The van der Waals surface area contributed by atoms with Crippen molar-refractivity contribution in [3.05, 3.63) is 29.7 Å². The Labute approximate surface area is 105 Å². The van der Waals surface area contributed by atoms with Crippen molar-refractivity contribution >= 4 is 11.7 Å². The summed E-state index contributed by atoms with van der Waals surface area (Å²) in [6, 6.07) is 3.54. The zero-order valence-corrected chi connectivity index (χ0v) is 10.8. The maximum atomic E-state index is 12.1. The van der Waals surface area contributed by atoms with Crippen LogP contribution in [0.1, 0.15) is 42.9 Å². The summed E-state index contributed by atoms with van der Waals surface area (Å²) in [5.41, 5.74) is 1.49. The molecule has 0 radical (unpaired) electrons. The van der Waals surface area contributed by atoms with Crippen LogP contribution in [0.25, 0.3) is 0 Å². The lowest BCUT2D eigenvalue weighted by molar-refractivity contribution is 0.101. The third-order valence-electron chi connectivity index (χ3n) is 2.67. The molecule has 1 amide bonds. The highest BCUT2D eigenvalue weighted by atomic mass is 16.2. The molecule has 0 aliphatic rings. The summed E-state index contributed by atoms with van der Waals surface area (Å²) < 4.78 is 1.71. The maximum Gasteiger partial charge on any atom is 0.275 e. The van der Waals surface area contributed by atoms with Gasteiger partial charge in [0.15, 0.2) is 0 Å². The molecule has 18 heavy (non-hydrogen) atoms. The molecule has 0 unspecified atom stereocenters. The van der Waals surface area contributed by atoms with Gasteiger partial charge >= 0.3 is 0 Å². The molecule has 0 aromatic carbocycles. The van der Waals surface area contributed by atoms with Crippen molar-refractivity contribution in [3.8, 4) is 0 Å². The topological polar surface area (TPSA) is 75.6 Å². The Kier molecular flexibility index (Phi) is 3.45. The van der Waals surface area contributed by atoms with E-state index in [0.717, 1.165) is 5.69 Å². The summed E-state index contributed by atoms with van der Waals surface area (Å²) in [7, 11) is 0. The molecule has 6 nitrogen and oxygen atoms in total. The lowest BCUT2D eigenvalue weighted by atomic mass is 10.1. The molecule has 2 aromatic rings. The van der Waals surface area contributed by atoms with E-state index in [-0.39, 0.29) is 5.91 Å². The van der Waals surface area contributed by atoms with Gasteiger partial charge in [-0.1, -0.05) is 13.8 Å². The SMILES string of the molecule is CCn1nc(C(C)C)cc1C(=O)Nc1ccn[nH]1. The minimum atomic E-state index is -0.180. The number of H-pyrrole nitrogens is 1. The quantitative estimate of drug-likeness (QED) is 0.867. The predicted octanol–water partition coefficient (Wildman–Crippen LogP) is 2.00. The van der Waals surface area contributed by atoms with Crippen molar-refractivity contribution in [2.75, 3.05) is 5.32 Å². The van der Waals surface area contributed by atoms with E-state index in [1.807, 2.05) is 13.0 Å². The van der Waals surface area contributed by atoms with Gasteiger partial charge in [-0.25, -0.2) is 0 Å². The van der Waals surface area contributed by atoms with Gasteiger partial charge in [-0.15, -0.1) is 0 Å². The molecule has 2 rings (SSSR count). The number of hydrogen-bond acceptors (Lipinski definition) is 3. The Balaban J connectivity index is 2.23. The lowest BCUT2D eigenvalue weighted by Gasteiger charge is -2.04. The highest BCUT2D eigenvalue weighted by Gasteiger charge is 2.16. The summed E-state index contributed by atoms with van der Waals surface area (Å²) in [6.07, 6.45) is 1.59. The minimum Gasteiger partial charge on any atom is -0.306 e. The van der Waals surface area contributed by atoms with Gasteiger partial charge in [0.1, 0.15) is 11.5 Å². The van der Waals surface area contributed by atoms with Crippen molar-refractivity contribution < 1.29 is 4.79 Å². The van der Waals surface area contributed by atoms with Crippen molar-refractivity contribution in [1.29, 1.82) is 0 Å². The Hall–Kier alpha value is -2.11. The fraction of sp³-hybridized carbons (Fsp3) is 0.417. The summed E-state index contributed by atoms with van der Waals surface area (Å²) >= 11 is 0. The van der Waals surface area contributed by atoms with Crippen molar-refractivity contribution in [1.82, 2.24) is 20.0 Å². The van der Waals surface area contributed by atoms with Crippen LogP contribution in [0.2, 0.25) is 0 Å². The second-order valence-electron chi connectivity index (χ2n) is 4.35. The Morgan fingerprint density at radius 3 is 2.89 bits per heavy atom. The summed E-state index contributed by atoms with van der Waals surface area (Å²) in [5.74, 6) is 0.701. The van der Waals surface area contributed by atoms with E-state index < -0.39 is 0 Å². The van der Waals surface area contributed by atoms with Crippen molar-refractivity contribution in [2.45, 2.75) is 33.2 Å². The molecule has 0 atom stereocenters. The number of carbonyl (C=O) groups excluding carboxylic acids is 1. The largest absolute Gasteiger partial charge is 0.306 e. The smallest absolute Gasteiger partial charge is 0.275 e. The highest BCUT2D eigenvalue weighted by Crippen LogP contribution is 2.15. The number of rotatable bonds is 4. The van der Waals surface area contributed by atoms with E-state index >= 15 is 0 Å². The number of carbonyl (C=O) groups is 1. The van der Waals surface area contributed by atoms with E-state index in [0.29, 0.717) is 24.0 Å². The first-order valence-corrected chi connectivity index (χ1v) is 6.00. The van der Waals surface area contributed by atoms with E-state index in [1.165, 1.54) is 0 Å². The molecule has 2 aromatic heterocycles. The van der Waals surface area contributed by atoms with Gasteiger partial charge in [0.25, 0.3) is 5.91 Å². The second-order valence-corrected chi connectivity index (χ2v) is 4.35. The van der Waals surface area contributed by atoms with Gasteiger partial charge in [-0.05, 0) is 18.9 Å². The number of aromatic amines is 1. The normalized spacial score (nSPS) is 10.9. The van der Waals surface area contributed by atoms with Gasteiger partial charge in [-0.3, -0.25) is 14.6 Å². The number of nitrogens with zero attached hydrogens (tertiary/aromatic N) is 3. The van der Waals surface area contributed by atoms with Crippen molar-refractivity contribution in [3.63, 3.8) is 0 Å². The van der Waals surface area contributed by atoms with Gasteiger partial charge in [0, 0.05) is 12.6 Å². The van der Waals surface area contributed by atoms with E-state index in [9.17, 15) is 4.79 Å². The molecule has 0 saturated heterocycles. The summed E-state index contributed by atoms with van der Waals surface area (Å²) in [6.45, 7) is 6.74. The maximum absolute atomic E-state index is 12.1. The standard InChI is InChI=1S/C12H17N5O/c1-4-17-10(7-9(16-17)8(2)3)12(18)14-11-5-6-13-15-11/h5-8H,4H2,1-3H3,(H2,13,14,15,18). The fourth-order valence-electron chi connectivity index (χ4n) is 1.65. The lowest BCUT2D eigenvalue weighted by Crippen LogP contribution is -2.17. The first-order valence-electron chi connectivity index (χ1n) is 6.00. The first kappa shape index (κ1) is 12.3. The number of anilines is 1. The summed E-state index contributed by atoms with van der Waals surface area (Å²) in [5, 5.41) is 13.6. The number of hydrogen-bond donors (Lipinski definition) is 2. The molecule has 6 heteroatoms. The van der Waals surface area contributed by atoms with Crippen LogP contribution in [-0.2, 0) is 6.54 Å². The number of aryl methyl sites for hydroxylation is 1. The van der Waals surface area contributed by atoms with Crippen LogP contribution < -0.4 is 5.32 Å². The molecular formula is C12H17N5O. The van der Waals surface area contributed by atoms with Gasteiger partial charge in [-0.2, -0.15) is 10.2 Å². The molecule has 0 bridgehead atoms. The number of amides is 1. The zero-order valence-electron chi connectivity index (χ0n) is 10.8. The highest BCUT2D eigenvalue weighted by molar-refractivity contribution is 6.02. The average Bonchev–Trinajstić information content (AvgIpc) is 2.96. The van der Waals surface area contributed by atoms with Gasteiger partial charge in [0.2, 0.25) is 0 Å². The van der Waals surface area contributed by atoms with E-state index in [1.54, 1.807) is 16.9 Å². The van der Waals surface area contributed by atoms with Crippen LogP contribution in [0.15, 0.2) is 18.3 Å². The molecule has 0 aliphatic heterocycles. The van der Waals surface area contributed by atoms with E-state index in [4.69, 9.17) is 0 Å². The number of nitrogens with one attached hydrogen (secondary N) is 2. The molecule has 96 valence electrons. The Morgan fingerprint density at radius 2 is 2.33 bits per heavy atom. The molecule has 0 fully saturated rings. The third-order valence-corrected chi connectivity index (χ3v) is 2.67. The first-order chi connectivity index (χ1) is 8.61. The van der Waals surface area contributed by atoms with Crippen LogP contribution in [0, 0.1) is 0 Å². The molecular weight excluding hydrogens is 230 g/mol. The van der Waals surface area contributed by atoms with Crippen molar-refractivity contribution in [2.24, 2.45) is 0 Å². The predicted molar refractivity (Wildman–Crippen MR) is 68.5 cm³/mol. The Bertz CT molecular complexity index is 527. The third kappa shape index (κ3) is 2.42. The molecule has 0 aliphatic carbocycles. The molecule has 0 spiro atoms. The fourth-order valence-corrected chi connectivity index (χ4v) is 1.65. The van der Waals surface area contributed by atoms with Crippen LogP contribution in [-0.4, -0.2) is 25.9 Å². The van der Waals surface area contributed by atoms with Gasteiger partial charge < -0.3 is 5.32 Å². The summed E-state index contributed by atoms with van der Waals surface area (Å²) in [4.78, 5) is 12.1. The monoisotopic (exact) mass is 247 g/mol.